The van der Waals surface area contributed by atoms with Crippen LogP contribution in [-0.4, -0.2) is 34.4 Å². The molecule has 0 saturated heterocycles. The van der Waals surface area contributed by atoms with Gasteiger partial charge in [-0.2, -0.15) is 5.10 Å². The third-order valence-electron chi connectivity index (χ3n) is 3.40. The molecule has 0 spiro atoms. The van der Waals surface area contributed by atoms with Crippen molar-refractivity contribution < 1.29 is 9.90 Å². The monoisotopic (exact) mass is 266 g/mol. The van der Waals surface area contributed by atoms with Crippen LogP contribution in [0.4, 0.5) is 5.69 Å². The molecule has 1 aliphatic carbocycles. The number of unbranched alkanes of at least 4 members (excludes halogenated alkanes) is 3. The first-order valence-corrected chi connectivity index (χ1v) is 6.96. The molecule has 0 atom stereocenters. The van der Waals surface area contributed by atoms with Gasteiger partial charge < -0.3 is 16.2 Å². The number of hydrogen-bond acceptors (Lipinski definition) is 4. The van der Waals surface area contributed by atoms with Crippen LogP contribution in [0.15, 0.2) is 0 Å². The minimum atomic E-state index is -0.206. The van der Waals surface area contributed by atoms with Crippen molar-refractivity contribution in [3.8, 4) is 0 Å². The molecule has 6 heteroatoms. The Morgan fingerprint density at radius 1 is 1.37 bits per heavy atom. The summed E-state index contributed by atoms with van der Waals surface area (Å²) in [6.45, 7) is 0.857. The first-order chi connectivity index (χ1) is 9.24. The van der Waals surface area contributed by atoms with Crippen molar-refractivity contribution in [2.45, 2.75) is 44.4 Å². The minimum absolute atomic E-state index is 0.206. The van der Waals surface area contributed by atoms with E-state index in [4.69, 9.17) is 10.8 Å². The smallest absolute Gasteiger partial charge is 0.273 e. The van der Waals surface area contributed by atoms with Crippen molar-refractivity contribution in [3.05, 3.63) is 11.4 Å². The van der Waals surface area contributed by atoms with Gasteiger partial charge in [0.2, 0.25) is 0 Å². The van der Waals surface area contributed by atoms with Crippen LogP contribution in [0, 0.1) is 0 Å². The fourth-order valence-electron chi connectivity index (χ4n) is 2.10. The number of aliphatic hydroxyl groups is 1. The van der Waals surface area contributed by atoms with Crippen LogP contribution in [0.2, 0.25) is 0 Å². The molecule has 106 valence electrons. The molecule has 1 aromatic heterocycles. The molecule has 1 aliphatic rings. The van der Waals surface area contributed by atoms with Gasteiger partial charge in [-0.3, -0.25) is 9.89 Å². The summed E-state index contributed by atoms with van der Waals surface area (Å²) in [7, 11) is 0. The number of nitrogens with zero attached hydrogens (tertiary/aromatic N) is 1. The fraction of sp³-hybridized carbons (Fsp3) is 0.692. The van der Waals surface area contributed by atoms with E-state index < -0.39 is 0 Å². The SMILES string of the molecule is Nc1c(C(=O)NCCCCCCO)n[nH]c1C1CC1. The number of carbonyl (C=O) groups is 1. The van der Waals surface area contributed by atoms with E-state index in [-0.39, 0.29) is 12.5 Å². The van der Waals surface area contributed by atoms with Gasteiger partial charge in [-0.25, -0.2) is 0 Å². The second kappa shape index (κ2) is 6.56. The average Bonchev–Trinajstić information content (AvgIpc) is 3.17. The predicted octanol–water partition coefficient (Wildman–Crippen LogP) is 1.15. The van der Waals surface area contributed by atoms with Crippen molar-refractivity contribution in [2.24, 2.45) is 0 Å². The maximum atomic E-state index is 11.9. The van der Waals surface area contributed by atoms with E-state index in [1.54, 1.807) is 0 Å². The van der Waals surface area contributed by atoms with Crippen LogP contribution in [0.1, 0.15) is 60.6 Å². The first-order valence-electron chi connectivity index (χ1n) is 6.96. The Balaban J connectivity index is 1.73. The lowest BCUT2D eigenvalue weighted by atomic mass is 10.2. The Morgan fingerprint density at radius 2 is 2.11 bits per heavy atom. The van der Waals surface area contributed by atoms with Gasteiger partial charge in [-0.15, -0.1) is 0 Å². The lowest BCUT2D eigenvalue weighted by molar-refractivity contribution is 0.0948. The van der Waals surface area contributed by atoms with Crippen molar-refractivity contribution in [1.82, 2.24) is 15.5 Å². The van der Waals surface area contributed by atoms with E-state index >= 15 is 0 Å². The number of anilines is 1. The molecule has 0 bridgehead atoms. The van der Waals surface area contributed by atoms with Crippen molar-refractivity contribution >= 4 is 11.6 Å². The van der Waals surface area contributed by atoms with Crippen LogP contribution >= 0.6 is 0 Å². The zero-order valence-corrected chi connectivity index (χ0v) is 11.1. The summed E-state index contributed by atoms with van der Waals surface area (Å²) in [5.41, 5.74) is 7.66. The van der Waals surface area contributed by atoms with Gasteiger partial charge in [0, 0.05) is 19.1 Å². The average molecular weight is 266 g/mol. The number of nitrogen functional groups attached to an aromatic ring is 1. The predicted molar refractivity (Wildman–Crippen MR) is 72.9 cm³/mol. The van der Waals surface area contributed by atoms with Crippen LogP contribution in [-0.2, 0) is 0 Å². The van der Waals surface area contributed by atoms with Crippen LogP contribution in [0.5, 0.6) is 0 Å². The van der Waals surface area contributed by atoms with Gasteiger partial charge >= 0.3 is 0 Å². The largest absolute Gasteiger partial charge is 0.396 e. The van der Waals surface area contributed by atoms with Gasteiger partial charge in [-0.05, 0) is 25.7 Å². The summed E-state index contributed by atoms with van der Waals surface area (Å²) < 4.78 is 0. The van der Waals surface area contributed by atoms with Gasteiger partial charge in [0.05, 0.1) is 11.4 Å². The molecular formula is C13H22N4O2. The summed E-state index contributed by atoms with van der Waals surface area (Å²) >= 11 is 0. The molecule has 6 nitrogen and oxygen atoms in total. The highest BCUT2D eigenvalue weighted by atomic mass is 16.2. The highest BCUT2D eigenvalue weighted by Gasteiger charge is 2.30. The molecule has 0 unspecified atom stereocenters. The fourth-order valence-corrected chi connectivity index (χ4v) is 2.10. The second-order valence-electron chi connectivity index (χ2n) is 5.07. The normalized spacial score (nSPS) is 14.6. The number of carbonyl (C=O) groups excluding carboxylic acids is 1. The van der Waals surface area contributed by atoms with E-state index in [9.17, 15) is 4.79 Å². The van der Waals surface area contributed by atoms with Gasteiger partial charge in [-0.1, -0.05) is 12.8 Å². The zero-order chi connectivity index (χ0) is 13.7. The van der Waals surface area contributed by atoms with E-state index in [0.717, 1.165) is 44.2 Å². The molecule has 1 heterocycles. The molecule has 2 rings (SSSR count). The van der Waals surface area contributed by atoms with Crippen molar-refractivity contribution in [3.63, 3.8) is 0 Å². The molecular weight excluding hydrogens is 244 g/mol. The third kappa shape index (κ3) is 3.70. The molecule has 5 N–H and O–H groups in total. The maximum Gasteiger partial charge on any atom is 0.273 e. The lowest BCUT2D eigenvalue weighted by Crippen LogP contribution is -2.25. The summed E-state index contributed by atoms with van der Waals surface area (Å²) in [6, 6.07) is 0. The summed E-state index contributed by atoms with van der Waals surface area (Å²) in [4.78, 5) is 11.9. The highest BCUT2D eigenvalue weighted by Crippen LogP contribution is 2.42. The van der Waals surface area contributed by atoms with Crippen LogP contribution in [0.3, 0.4) is 0 Å². The molecule has 0 aromatic carbocycles. The molecule has 0 aliphatic heterocycles. The van der Waals surface area contributed by atoms with Crippen molar-refractivity contribution in [1.29, 1.82) is 0 Å². The number of rotatable bonds is 8. The third-order valence-corrected chi connectivity index (χ3v) is 3.40. The standard InChI is InChI=1S/C13H22N4O2/c14-10-11(9-5-6-9)16-17-12(10)13(19)15-7-3-1-2-4-8-18/h9,18H,1-8,14H2,(H,15,19)(H,16,17). The summed E-state index contributed by atoms with van der Waals surface area (Å²) in [5.74, 6) is 0.260. The van der Waals surface area contributed by atoms with Crippen molar-refractivity contribution in [2.75, 3.05) is 18.9 Å². The summed E-state index contributed by atoms with van der Waals surface area (Å²) in [6.07, 6.45) is 5.97. The quantitative estimate of drug-likeness (QED) is 0.530. The summed E-state index contributed by atoms with van der Waals surface area (Å²) in [5, 5.41) is 18.4. The number of aromatic nitrogens is 2. The number of aliphatic hydroxyl groups excluding tert-OH is 1. The Hall–Kier alpha value is -1.56. The number of nitrogens with one attached hydrogen (secondary N) is 2. The van der Waals surface area contributed by atoms with E-state index in [0.29, 0.717) is 23.8 Å². The van der Waals surface area contributed by atoms with Gasteiger partial charge in [0.1, 0.15) is 0 Å². The molecule has 0 radical (unpaired) electrons. The number of nitrogens with two attached hydrogens (primary N) is 1. The first kappa shape index (κ1) is 13.9. The lowest BCUT2D eigenvalue weighted by Gasteiger charge is -2.03. The van der Waals surface area contributed by atoms with E-state index in [1.807, 2.05) is 0 Å². The van der Waals surface area contributed by atoms with E-state index in [2.05, 4.69) is 15.5 Å². The second-order valence-corrected chi connectivity index (χ2v) is 5.07. The van der Waals surface area contributed by atoms with E-state index in [1.165, 1.54) is 0 Å². The number of amides is 1. The molecule has 1 saturated carbocycles. The topological polar surface area (TPSA) is 104 Å². The zero-order valence-electron chi connectivity index (χ0n) is 11.1. The number of hydrogen-bond donors (Lipinski definition) is 4. The molecule has 1 aromatic rings. The Morgan fingerprint density at radius 3 is 2.79 bits per heavy atom. The van der Waals surface area contributed by atoms with Gasteiger partial charge in [0.25, 0.3) is 5.91 Å². The van der Waals surface area contributed by atoms with Crippen LogP contribution in [0.25, 0.3) is 0 Å². The number of H-pyrrole nitrogens is 1. The molecule has 19 heavy (non-hydrogen) atoms. The minimum Gasteiger partial charge on any atom is -0.396 e. The van der Waals surface area contributed by atoms with Gasteiger partial charge in [0.15, 0.2) is 5.69 Å². The molecule has 1 amide bonds. The Bertz CT molecular complexity index is 426. The Labute approximate surface area is 112 Å². The van der Waals surface area contributed by atoms with Crippen LogP contribution < -0.4 is 11.1 Å². The maximum absolute atomic E-state index is 11.9. The number of aromatic amines is 1. The Kier molecular flexibility index (Phi) is 4.79. The molecule has 1 fully saturated rings. The highest BCUT2D eigenvalue weighted by molar-refractivity contribution is 5.97.